The van der Waals surface area contributed by atoms with Crippen molar-refractivity contribution in [2.24, 2.45) is 0 Å². The topological polar surface area (TPSA) is 107 Å². The van der Waals surface area contributed by atoms with Gasteiger partial charge in [-0.05, 0) is 17.9 Å². The number of hydrogen-bond donors (Lipinski definition) is 4. The van der Waals surface area contributed by atoms with E-state index < -0.39 is 10.1 Å². The van der Waals surface area contributed by atoms with Crippen molar-refractivity contribution in [2.75, 3.05) is 26.3 Å². The number of rotatable bonds is 5. The molecule has 0 saturated carbocycles. The molecule has 2 aromatic rings. The zero-order valence-electron chi connectivity index (χ0n) is 12.4. The molecule has 0 aromatic heterocycles. The molecule has 22 heavy (non-hydrogen) atoms. The van der Waals surface area contributed by atoms with Crippen LogP contribution in [0.5, 0.6) is 0 Å². The Labute approximate surface area is 130 Å². The minimum absolute atomic E-state index is 0.000556. The molecule has 0 heterocycles. The van der Waals surface area contributed by atoms with E-state index in [1.807, 2.05) is 18.2 Å². The van der Waals surface area contributed by atoms with Gasteiger partial charge in [0.15, 0.2) is 0 Å². The van der Waals surface area contributed by atoms with Gasteiger partial charge in [0.1, 0.15) is 4.90 Å². The molecule has 0 aliphatic rings. The molecular weight excluding hydrogens is 306 g/mol. The number of benzene rings is 2. The lowest BCUT2D eigenvalue weighted by Gasteiger charge is -2.06. The lowest BCUT2D eigenvalue weighted by atomic mass is 10.1. The second kappa shape index (κ2) is 8.82. The summed E-state index contributed by atoms with van der Waals surface area (Å²) in [6.45, 7) is 3.08. The van der Waals surface area contributed by atoms with E-state index in [0.29, 0.717) is 24.0 Å². The second-order valence-electron chi connectivity index (χ2n) is 4.61. The first kappa shape index (κ1) is 18.5. The van der Waals surface area contributed by atoms with E-state index in [-0.39, 0.29) is 18.1 Å². The Bertz CT molecular complexity index is 696. The van der Waals surface area contributed by atoms with Crippen molar-refractivity contribution < 1.29 is 23.2 Å². The molecule has 0 spiro atoms. The van der Waals surface area contributed by atoms with Gasteiger partial charge in [0.05, 0.1) is 13.2 Å². The largest absolute Gasteiger partial charge is 0.395 e. The minimum atomic E-state index is -4.16. The molecule has 4 N–H and O–H groups in total. The van der Waals surface area contributed by atoms with Crippen molar-refractivity contribution in [3.8, 4) is 0 Å². The Kier molecular flexibility index (Phi) is 7.43. The number of hydrogen-bond acceptors (Lipinski definition) is 5. The maximum atomic E-state index is 11.2. The van der Waals surface area contributed by atoms with E-state index in [2.05, 4.69) is 5.32 Å². The number of aryl methyl sites for hydroxylation is 1. The van der Waals surface area contributed by atoms with Gasteiger partial charge in [0.25, 0.3) is 10.1 Å². The molecule has 0 unspecified atom stereocenters. The molecular formula is C15H21NO5S. The van der Waals surface area contributed by atoms with Gasteiger partial charge in [0.2, 0.25) is 0 Å². The molecule has 0 aliphatic heterocycles. The van der Waals surface area contributed by atoms with Gasteiger partial charge >= 0.3 is 0 Å². The SMILES string of the molecule is Cc1ccc2ccccc2c1S(=O)(=O)O.OCCNCCO. The van der Waals surface area contributed by atoms with E-state index in [0.717, 1.165) is 5.39 Å². The van der Waals surface area contributed by atoms with E-state index in [4.69, 9.17) is 14.8 Å². The number of fused-ring (bicyclic) bond motifs is 1. The summed E-state index contributed by atoms with van der Waals surface area (Å²) in [6, 6.07) is 10.6. The van der Waals surface area contributed by atoms with Gasteiger partial charge in [0, 0.05) is 18.5 Å². The highest BCUT2D eigenvalue weighted by Gasteiger charge is 2.16. The highest BCUT2D eigenvalue weighted by atomic mass is 32.2. The van der Waals surface area contributed by atoms with Gasteiger partial charge < -0.3 is 15.5 Å². The maximum absolute atomic E-state index is 11.2. The molecule has 2 aromatic carbocycles. The molecule has 2 rings (SSSR count). The van der Waals surface area contributed by atoms with Gasteiger partial charge in [-0.3, -0.25) is 4.55 Å². The van der Waals surface area contributed by atoms with Crippen LogP contribution in [0, 0.1) is 6.92 Å². The van der Waals surface area contributed by atoms with Crippen LogP contribution in [0.2, 0.25) is 0 Å². The molecule has 0 amide bonds. The molecule has 0 atom stereocenters. The molecule has 122 valence electrons. The maximum Gasteiger partial charge on any atom is 0.295 e. The molecule has 0 bridgehead atoms. The standard InChI is InChI=1S/C11H10O3S.C4H11NO2/c1-8-6-7-9-4-2-3-5-10(9)11(8)15(12,13)14;6-3-1-5-2-4-7/h2-7H,1H3,(H,12,13,14);5-7H,1-4H2. The fourth-order valence-electron chi connectivity index (χ4n) is 1.98. The lowest BCUT2D eigenvalue weighted by Crippen LogP contribution is -2.21. The van der Waals surface area contributed by atoms with Gasteiger partial charge in [-0.15, -0.1) is 0 Å². The number of aliphatic hydroxyl groups excluding tert-OH is 2. The van der Waals surface area contributed by atoms with Crippen LogP contribution in [0.25, 0.3) is 10.8 Å². The molecule has 0 fully saturated rings. The first-order valence-electron chi connectivity index (χ1n) is 6.80. The van der Waals surface area contributed by atoms with Gasteiger partial charge in [-0.2, -0.15) is 8.42 Å². The fraction of sp³-hybridized carbons (Fsp3) is 0.333. The fourth-order valence-corrected chi connectivity index (χ4v) is 2.92. The summed E-state index contributed by atoms with van der Waals surface area (Å²) in [4.78, 5) is 0.000556. The van der Waals surface area contributed by atoms with Crippen molar-refractivity contribution in [2.45, 2.75) is 11.8 Å². The average molecular weight is 327 g/mol. The van der Waals surface area contributed by atoms with E-state index in [9.17, 15) is 8.42 Å². The predicted octanol–water partition coefficient (Wildman–Crippen LogP) is 0.956. The van der Waals surface area contributed by atoms with E-state index in [1.165, 1.54) is 0 Å². The Morgan fingerprint density at radius 3 is 2.14 bits per heavy atom. The normalized spacial score (nSPS) is 11.1. The minimum Gasteiger partial charge on any atom is -0.395 e. The van der Waals surface area contributed by atoms with Crippen LogP contribution in [0.4, 0.5) is 0 Å². The Morgan fingerprint density at radius 1 is 1.00 bits per heavy atom. The Balaban J connectivity index is 0.000000295. The summed E-state index contributed by atoms with van der Waals surface area (Å²) in [6.07, 6.45) is 0. The molecule has 7 heteroatoms. The molecule has 6 nitrogen and oxygen atoms in total. The van der Waals surface area contributed by atoms with Crippen LogP contribution >= 0.6 is 0 Å². The van der Waals surface area contributed by atoms with Crippen LogP contribution in [-0.4, -0.2) is 49.5 Å². The van der Waals surface area contributed by atoms with Crippen LogP contribution in [0.1, 0.15) is 5.56 Å². The van der Waals surface area contributed by atoms with Crippen LogP contribution in [-0.2, 0) is 10.1 Å². The summed E-state index contributed by atoms with van der Waals surface area (Å²) in [5, 5.41) is 20.4. The molecule has 0 radical (unpaired) electrons. The summed E-state index contributed by atoms with van der Waals surface area (Å²) in [5.74, 6) is 0. The average Bonchev–Trinajstić information content (AvgIpc) is 2.47. The highest BCUT2D eigenvalue weighted by molar-refractivity contribution is 7.86. The zero-order valence-corrected chi connectivity index (χ0v) is 13.2. The van der Waals surface area contributed by atoms with Crippen molar-refractivity contribution in [3.05, 3.63) is 42.0 Å². The number of nitrogens with one attached hydrogen (secondary N) is 1. The highest BCUT2D eigenvalue weighted by Crippen LogP contribution is 2.25. The van der Waals surface area contributed by atoms with Crippen molar-refractivity contribution >= 4 is 20.9 Å². The zero-order chi connectivity index (χ0) is 16.6. The van der Waals surface area contributed by atoms with E-state index in [1.54, 1.807) is 25.1 Å². The van der Waals surface area contributed by atoms with Crippen LogP contribution in [0.15, 0.2) is 41.3 Å². The predicted molar refractivity (Wildman–Crippen MR) is 85.5 cm³/mol. The molecule has 0 aliphatic carbocycles. The van der Waals surface area contributed by atoms with Gasteiger partial charge in [-0.1, -0.05) is 36.4 Å². The molecule has 0 saturated heterocycles. The summed E-state index contributed by atoms with van der Waals surface area (Å²) in [5.41, 5.74) is 0.552. The monoisotopic (exact) mass is 327 g/mol. The van der Waals surface area contributed by atoms with Crippen molar-refractivity contribution in [3.63, 3.8) is 0 Å². The second-order valence-corrected chi connectivity index (χ2v) is 5.96. The third kappa shape index (κ3) is 5.36. The third-order valence-corrected chi connectivity index (χ3v) is 3.97. The van der Waals surface area contributed by atoms with E-state index >= 15 is 0 Å². The Morgan fingerprint density at radius 2 is 1.59 bits per heavy atom. The van der Waals surface area contributed by atoms with Crippen LogP contribution < -0.4 is 5.32 Å². The summed E-state index contributed by atoms with van der Waals surface area (Å²) in [7, 11) is -4.16. The summed E-state index contributed by atoms with van der Waals surface area (Å²) >= 11 is 0. The smallest absolute Gasteiger partial charge is 0.295 e. The van der Waals surface area contributed by atoms with Crippen molar-refractivity contribution in [1.82, 2.24) is 5.32 Å². The van der Waals surface area contributed by atoms with Crippen LogP contribution in [0.3, 0.4) is 0 Å². The summed E-state index contributed by atoms with van der Waals surface area (Å²) < 4.78 is 31.6. The lowest BCUT2D eigenvalue weighted by molar-refractivity contribution is 0.266. The van der Waals surface area contributed by atoms with Crippen molar-refractivity contribution in [1.29, 1.82) is 0 Å². The quantitative estimate of drug-likeness (QED) is 0.481. The first-order valence-corrected chi connectivity index (χ1v) is 8.24. The third-order valence-electron chi connectivity index (χ3n) is 2.91. The first-order chi connectivity index (χ1) is 10.4. The van der Waals surface area contributed by atoms with Gasteiger partial charge in [-0.25, -0.2) is 0 Å². The Hall–Kier alpha value is -1.51. The number of aliphatic hydroxyl groups is 2.